The van der Waals surface area contributed by atoms with Gasteiger partial charge in [0.1, 0.15) is 18.1 Å². The number of hydrogen-bond acceptors (Lipinski definition) is 7. The summed E-state index contributed by atoms with van der Waals surface area (Å²) in [7, 11) is 1.52. The molecular weight excluding hydrogens is 602 g/mol. The molecule has 5 amide bonds. The van der Waals surface area contributed by atoms with Crippen molar-refractivity contribution in [2.24, 2.45) is 11.8 Å². The van der Waals surface area contributed by atoms with E-state index < -0.39 is 29.9 Å². The van der Waals surface area contributed by atoms with E-state index in [9.17, 15) is 24.0 Å². The van der Waals surface area contributed by atoms with Crippen molar-refractivity contribution >= 4 is 29.5 Å². The first-order valence-electron chi connectivity index (χ1n) is 16.3. The second-order valence-electron chi connectivity index (χ2n) is 12.4. The Bertz CT molecular complexity index is 1370. The Labute approximate surface area is 277 Å². The number of amides is 5. The SMILES string of the molecule is COc1ccc2cc1OCC(=O)NCCC[C@H](NC(=O)C(C)C)C(=O)N[C@@H](Cc1ccccc1)C(=O)N[C@H](C(C)C)C(=O)NCCC2. The summed E-state index contributed by atoms with van der Waals surface area (Å²) in [6.07, 6.45) is 2.00. The third-order valence-electron chi connectivity index (χ3n) is 7.84. The van der Waals surface area contributed by atoms with Crippen LogP contribution in [0.3, 0.4) is 0 Å². The zero-order valence-corrected chi connectivity index (χ0v) is 28.0. The van der Waals surface area contributed by atoms with Gasteiger partial charge in [-0.25, -0.2) is 0 Å². The number of fused-ring (bicyclic) bond motifs is 2. The highest BCUT2D eigenvalue weighted by atomic mass is 16.5. The summed E-state index contributed by atoms with van der Waals surface area (Å²) in [5, 5.41) is 14.2. The molecule has 0 aliphatic carbocycles. The maximum Gasteiger partial charge on any atom is 0.257 e. The molecule has 0 radical (unpaired) electrons. The molecule has 1 heterocycles. The first kappa shape index (κ1) is 36.9. The fourth-order valence-electron chi connectivity index (χ4n) is 5.06. The fraction of sp³-hybridized carbons (Fsp3) is 0.514. The molecule has 0 saturated heterocycles. The van der Waals surface area contributed by atoms with Gasteiger partial charge in [0.25, 0.3) is 5.91 Å². The second kappa shape index (κ2) is 18.5. The number of ether oxygens (including phenoxy) is 2. The van der Waals surface area contributed by atoms with Crippen LogP contribution < -0.4 is 36.1 Å². The Balaban J connectivity index is 1.88. The number of benzene rings is 2. The molecule has 3 rings (SSSR count). The first-order valence-corrected chi connectivity index (χ1v) is 16.3. The van der Waals surface area contributed by atoms with Crippen molar-refractivity contribution in [1.82, 2.24) is 26.6 Å². The predicted octanol–water partition coefficient (Wildman–Crippen LogP) is 2.04. The van der Waals surface area contributed by atoms with Crippen molar-refractivity contribution in [2.45, 2.75) is 77.9 Å². The van der Waals surface area contributed by atoms with Crippen LogP contribution in [-0.2, 0) is 36.8 Å². The standard InChI is InChI=1S/C35H49N5O7/c1-22(2)31-35(45)37-18-9-13-25-15-16-28(46-5)29(20-25)47-21-30(41)36-17-10-14-26(38-32(42)23(3)4)33(43)39-27(34(44)40-31)19-24-11-7-6-8-12-24/h6-8,11-12,15-16,20,22-23,26-27,31H,9-10,13-14,17-19,21H2,1-5H3,(H,36,41)(H,37,45)(H,38,42)(H,39,43)(H,40,44)/t26-,27-,31+/m0/s1. The number of aryl methyl sites for hydroxylation is 1. The van der Waals surface area contributed by atoms with E-state index in [1.54, 1.807) is 19.9 Å². The second-order valence-corrected chi connectivity index (χ2v) is 12.4. The Kier molecular flexibility index (Phi) is 14.5. The minimum Gasteiger partial charge on any atom is -0.493 e. The predicted molar refractivity (Wildman–Crippen MR) is 178 cm³/mol. The summed E-state index contributed by atoms with van der Waals surface area (Å²) in [6.45, 7) is 7.48. The van der Waals surface area contributed by atoms with E-state index in [4.69, 9.17) is 9.47 Å². The van der Waals surface area contributed by atoms with E-state index >= 15 is 0 Å². The van der Waals surface area contributed by atoms with Gasteiger partial charge in [-0.15, -0.1) is 0 Å². The molecule has 256 valence electrons. The van der Waals surface area contributed by atoms with Gasteiger partial charge in [0.15, 0.2) is 18.1 Å². The van der Waals surface area contributed by atoms with Gasteiger partial charge in [-0.1, -0.05) is 64.1 Å². The lowest BCUT2D eigenvalue weighted by Gasteiger charge is -2.27. The topological polar surface area (TPSA) is 164 Å². The van der Waals surface area contributed by atoms with E-state index in [0.717, 1.165) is 11.1 Å². The molecule has 5 N–H and O–H groups in total. The molecule has 2 aromatic rings. The lowest BCUT2D eigenvalue weighted by atomic mass is 10.00. The first-order chi connectivity index (χ1) is 22.5. The van der Waals surface area contributed by atoms with Crippen LogP contribution in [0.25, 0.3) is 0 Å². The molecule has 12 nitrogen and oxygen atoms in total. The Morgan fingerprint density at radius 2 is 1.64 bits per heavy atom. The van der Waals surface area contributed by atoms with Gasteiger partial charge in [-0.05, 0) is 54.9 Å². The van der Waals surface area contributed by atoms with Crippen molar-refractivity contribution in [3.63, 3.8) is 0 Å². The summed E-state index contributed by atoms with van der Waals surface area (Å²) in [4.78, 5) is 65.9. The largest absolute Gasteiger partial charge is 0.493 e. The summed E-state index contributed by atoms with van der Waals surface area (Å²) in [6, 6.07) is 11.9. The van der Waals surface area contributed by atoms with Gasteiger partial charge in [0.2, 0.25) is 23.6 Å². The van der Waals surface area contributed by atoms with Gasteiger partial charge in [-0.2, -0.15) is 0 Å². The summed E-state index contributed by atoms with van der Waals surface area (Å²) in [5.41, 5.74) is 1.76. The minimum atomic E-state index is -1.02. The van der Waals surface area contributed by atoms with Crippen LogP contribution in [0.15, 0.2) is 48.5 Å². The van der Waals surface area contributed by atoms with Crippen LogP contribution in [0.4, 0.5) is 0 Å². The lowest BCUT2D eigenvalue weighted by molar-refractivity contribution is -0.134. The zero-order chi connectivity index (χ0) is 34.3. The van der Waals surface area contributed by atoms with E-state index in [-0.39, 0.29) is 55.6 Å². The number of methoxy groups -OCH3 is 1. The maximum atomic E-state index is 13.7. The normalized spacial score (nSPS) is 20.8. The minimum absolute atomic E-state index is 0.176. The van der Waals surface area contributed by atoms with Gasteiger partial charge < -0.3 is 36.1 Å². The molecule has 2 aromatic carbocycles. The number of carbonyl (C=O) groups excluding carboxylic acids is 5. The third kappa shape index (κ3) is 11.9. The molecule has 0 aromatic heterocycles. The Morgan fingerprint density at radius 3 is 2.32 bits per heavy atom. The van der Waals surface area contributed by atoms with E-state index in [0.29, 0.717) is 37.3 Å². The highest BCUT2D eigenvalue weighted by Gasteiger charge is 2.31. The molecular formula is C35H49N5O7. The molecule has 47 heavy (non-hydrogen) atoms. The molecule has 3 atom stereocenters. The Morgan fingerprint density at radius 1 is 0.915 bits per heavy atom. The van der Waals surface area contributed by atoms with Gasteiger partial charge in [-0.3, -0.25) is 24.0 Å². The van der Waals surface area contributed by atoms with E-state index in [1.165, 1.54) is 7.11 Å². The maximum absolute atomic E-state index is 13.7. The van der Waals surface area contributed by atoms with Crippen molar-refractivity contribution in [1.29, 1.82) is 0 Å². The number of nitrogens with one attached hydrogen (secondary N) is 5. The molecule has 12 heteroatoms. The number of hydrogen-bond donors (Lipinski definition) is 5. The number of rotatable bonds is 6. The molecule has 1 aliphatic heterocycles. The van der Waals surface area contributed by atoms with E-state index in [2.05, 4.69) is 26.6 Å². The highest BCUT2D eigenvalue weighted by molar-refractivity contribution is 5.94. The van der Waals surface area contributed by atoms with Gasteiger partial charge >= 0.3 is 0 Å². The van der Waals surface area contributed by atoms with Crippen molar-refractivity contribution in [3.05, 3.63) is 59.7 Å². The lowest BCUT2D eigenvalue weighted by Crippen LogP contribution is -2.58. The molecule has 0 saturated carbocycles. The summed E-state index contributed by atoms with van der Waals surface area (Å²) in [5.74, 6) is -1.74. The van der Waals surface area contributed by atoms with Gasteiger partial charge in [0.05, 0.1) is 7.11 Å². The molecule has 2 bridgehead atoms. The van der Waals surface area contributed by atoms with Crippen LogP contribution in [0.5, 0.6) is 11.5 Å². The molecule has 0 fully saturated rings. The summed E-state index contributed by atoms with van der Waals surface area (Å²) >= 11 is 0. The van der Waals surface area contributed by atoms with Crippen LogP contribution in [0, 0.1) is 11.8 Å². The van der Waals surface area contributed by atoms with Crippen LogP contribution in [-0.4, -0.2) is 74.5 Å². The number of carbonyl (C=O) groups is 5. The zero-order valence-electron chi connectivity index (χ0n) is 28.0. The van der Waals surface area contributed by atoms with E-state index in [1.807, 2.05) is 56.3 Å². The Hall–Kier alpha value is -4.61. The molecule has 0 unspecified atom stereocenters. The van der Waals surface area contributed by atoms with Crippen molar-refractivity contribution < 1.29 is 33.4 Å². The van der Waals surface area contributed by atoms with Gasteiger partial charge in [0, 0.05) is 25.4 Å². The van der Waals surface area contributed by atoms with Crippen LogP contribution in [0.1, 0.15) is 58.1 Å². The van der Waals surface area contributed by atoms with Crippen molar-refractivity contribution in [2.75, 3.05) is 26.8 Å². The monoisotopic (exact) mass is 651 g/mol. The highest BCUT2D eigenvalue weighted by Crippen LogP contribution is 2.28. The third-order valence-corrected chi connectivity index (χ3v) is 7.84. The summed E-state index contributed by atoms with van der Waals surface area (Å²) < 4.78 is 11.2. The average molecular weight is 652 g/mol. The molecule has 1 aliphatic rings. The van der Waals surface area contributed by atoms with Crippen LogP contribution >= 0.6 is 0 Å². The smallest absolute Gasteiger partial charge is 0.257 e. The van der Waals surface area contributed by atoms with Crippen LogP contribution in [0.2, 0.25) is 0 Å². The van der Waals surface area contributed by atoms with Crippen molar-refractivity contribution in [3.8, 4) is 11.5 Å². The fourth-order valence-corrected chi connectivity index (χ4v) is 5.06. The molecule has 0 spiro atoms. The quantitative estimate of drug-likeness (QED) is 0.319. The average Bonchev–Trinajstić information content (AvgIpc) is 3.05.